The normalized spacial score (nSPS) is 14.9. The second kappa shape index (κ2) is 9.23. The summed E-state index contributed by atoms with van der Waals surface area (Å²) < 4.78 is 19.9. The first kappa shape index (κ1) is 22.5. The van der Waals surface area contributed by atoms with Gasteiger partial charge in [0.1, 0.15) is 6.61 Å². The lowest BCUT2D eigenvalue weighted by molar-refractivity contribution is 0.0777. The van der Waals surface area contributed by atoms with Crippen LogP contribution in [0.4, 0.5) is 0 Å². The predicted octanol–water partition coefficient (Wildman–Crippen LogP) is 5.45. The Hall–Kier alpha value is -3.98. The number of fused-ring (bicyclic) bond motifs is 2. The van der Waals surface area contributed by atoms with Gasteiger partial charge in [-0.2, -0.15) is 0 Å². The summed E-state index contributed by atoms with van der Waals surface area (Å²) in [5, 5.41) is 9.68. The molecule has 8 nitrogen and oxygen atoms in total. The maximum absolute atomic E-state index is 13.1. The zero-order valence-corrected chi connectivity index (χ0v) is 20.7. The molecule has 0 saturated carbocycles. The highest BCUT2D eigenvalue weighted by molar-refractivity contribution is 7.99. The van der Waals surface area contributed by atoms with Crippen LogP contribution < -0.4 is 9.47 Å². The number of carbonyl (C=O) groups excluding carboxylic acids is 1. The molecular formula is C27H24N4O4S. The monoisotopic (exact) mass is 500 g/mol. The molecule has 9 heteroatoms. The van der Waals surface area contributed by atoms with E-state index in [0.717, 1.165) is 39.4 Å². The van der Waals surface area contributed by atoms with E-state index >= 15 is 0 Å². The number of hydrogen-bond donors (Lipinski definition) is 1. The van der Waals surface area contributed by atoms with Crippen LogP contribution in [-0.4, -0.2) is 44.0 Å². The first-order chi connectivity index (χ1) is 17.6. The number of rotatable bonds is 7. The number of ketones is 1. The molecule has 0 saturated heterocycles. The van der Waals surface area contributed by atoms with Crippen LogP contribution in [0.2, 0.25) is 0 Å². The highest BCUT2D eigenvalue weighted by Crippen LogP contribution is 2.32. The highest BCUT2D eigenvalue weighted by Gasteiger charge is 2.24. The lowest BCUT2D eigenvalue weighted by Crippen LogP contribution is -2.33. The molecule has 2 aromatic carbocycles. The lowest BCUT2D eigenvalue weighted by Gasteiger charge is -2.27. The van der Waals surface area contributed by atoms with Gasteiger partial charge < -0.3 is 23.4 Å². The van der Waals surface area contributed by atoms with Gasteiger partial charge in [0.05, 0.1) is 17.9 Å². The molecule has 36 heavy (non-hydrogen) atoms. The van der Waals surface area contributed by atoms with E-state index < -0.39 is 0 Å². The molecule has 0 fully saturated rings. The van der Waals surface area contributed by atoms with Gasteiger partial charge in [-0.1, -0.05) is 42.1 Å². The third kappa shape index (κ3) is 4.15. The van der Waals surface area contributed by atoms with Gasteiger partial charge >= 0.3 is 0 Å². The molecule has 1 aliphatic rings. The van der Waals surface area contributed by atoms with Crippen LogP contribution in [0.15, 0.2) is 70.4 Å². The Morgan fingerprint density at radius 2 is 1.92 bits per heavy atom. The molecule has 0 aliphatic carbocycles. The van der Waals surface area contributed by atoms with E-state index in [0.29, 0.717) is 29.8 Å². The summed E-state index contributed by atoms with van der Waals surface area (Å²) in [4.78, 5) is 16.3. The fourth-order valence-corrected chi connectivity index (χ4v) is 5.20. The van der Waals surface area contributed by atoms with Gasteiger partial charge in [-0.15, -0.1) is 10.2 Å². The molecule has 6 rings (SSSR count). The molecule has 0 radical (unpaired) electrons. The number of para-hydroxylation sites is 3. The Bertz CT molecular complexity index is 1570. The number of benzene rings is 2. The number of nitrogens with zero attached hydrogens (tertiary/aromatic N) is 3. The second-order valence-corrected chi connectivity index (χ2v) is 9.65. The lowest BCUT2D eigenvalue weighted by atomic mass is 10.2. The summed E-state index contributed by atoms with van der Waals surface area (Å²) in [6.45, 7) is 5.03. The first-order valence-electron chi connectivity index (χ1n) is 11.7. The molecule has 1 N–H and O–H groups in total. The average Bonchev–Trinajstić information content (AvgIpc) is 3.61. The average molecular weight is 501 g/mol. The summed E-state index contributed by atoms with van der Waals surface area (Å²) in [5.41, 5.74) is 4.44. The van der Waals surface area contributed by atoms with E-state index in [1.807, 2.05) is 74.6 Å². The smallest absolute Gasteiger partial charge is 0.277 e. The van der Waals surface area contributed by atoms with Gasteiger partial charge in [0.15, 0.2) is 23.4 Å². The minimum Gasteiger partial charge on any atom is -0.486 e. The molecule has 0 unspecified atom stereocenters. The quantitative estimate of drug-likeness (QED) is 0.234. The maximum Gasteiger partial charge on any atom is 0.277 e. The second-order valence-electron chi connectivity index (χ2n) is 8.73. The number of nitrogens with one attached hydrogen (secondary N) is 1. The first-order valence-corrected chi connectivity index (χ1v) is 12.7. The zero-order valence-electron chi connectivity index (χ0n) is 19.9. The number of aryl methyl sites for hydroxylation is 1. The van der Waals surface area contributed by atoms with Crippen LogP contribution >= 0.6 is 11.8 Å². The van der Waals surface area contributed by atoms with Crippen molar-refractivity contribution in [3.8, 4) is 23.0 Å². The van der Waals surface area contributed by atoms with Crippen molar-refractivity contribution in [2.75, 3.05) is 12.4 Å². The van der Waals surface area contributed by atoms with Crippen molar-refractivity contribution in [3.63, 3.8) is 0 Å². The molecule has 3 aromatic heterocycles. The van der Waals surface area contributed by atoms with Crippen LogP contribution in [0.1, 0.15) is 21.7 Å². The summed E-state index contributed by atoms with van der Waals surface area (Å²) >= 11 is 1.24. The van der Waals surface area contributed by atoms with Crippen molar-refractivity contribution in [1.82, 2.24) is 19.7 Å². The van der Waals surface area contributed by atoms with E-state index in [4.69, 9.17) is 13.9 Å². The standard InChI is InChI=1S/C27H24N4O4S/c1-16-11-20(17(2)31(16)13-18-14-33-24-9-5-6-10-25(24)34-18)23(32)15-36-27-30-29-26(35-27)21-12-28-22-8-4-3-7-19(21)22/h3-12,18,28H,13-15H2,1-2H3/t18-/m1/s1. The van der Waals surface area contributed by atoms with Crippen LogP contribution in [0.5, 0.6) is 11.5 Å². The molecule has 0 bridgehead atoms. The van der Waals surface area contributed by atoms with E-state index in [9.17, 15) is 4.79 Å². The Balaban J connectivity index is 1.12. The van der Waals surface area contributed by atoms with Gasteiger partial charge in [-0.3, -0.25) is 4.79 Å². The van der Waals surface area contributed by atoms with Crippen molar-refractivity contribution in [2.45, 2.75) is 31.7 Å². The van der Waals surface area contributed by atoms with Gasteiger partial charge in [0.25, 0.3) is 11.1 Å². The van der Waals surface area contributed by atoms with E-state index in [2.05, 4.69) is 19.7 Å². The topological polar surface area (TPSA) is 95.2 Å². The number of H-pyrrole nitrogens is 1. The summed E-state index contributed by atoms with van der Waals surface area (Å²) in [6.07, 6.45) is 1.72. The van der Waals surface area contributed by atoms with Gasteiger partial charge in [-0.05, 0) is 38.1 Å². The summed E-state index contributed by atoms with van der Waals surface area (Å²) in [6, 6.07) is 17.5. The van der Waals surface area contributed by atoms with Crippen molar-refractivity contribution in [3.05, 3.63) is 77.7 Å². The molecule has 1 atom stereocenters. The van der Waals surface area contributed by atoms with E-state index in [1.54, 1.807) is 0 Å². The zero-order chi connectivity index (χ0) is 24.6. The molecule has 5 aromatic rings. The summed E-state index contributed by atoms with van der Waals surface area (Å²) in [5.74, 6) is 2.15. The van der Waals surface area contributed by atoms with Crippen molar-refractivity contribution in [2.24, 2.45) is 0 Å². The Labute approximate surface area is 211 Å². The van der Waals surface area contributed by atoms with Crippen molar-refractivity contribution < 1.29 is 18.7 Å². The minimum absolute atomic E-state index is 0.0114. The van der Waals surface area contributed by atoms with Crippen LogP contribution in [-0.2, 0) is 6.54 Å². The fraction of sp³-hybridized carbons (Fsp3) is 0.222. The fourth-order valence-electron chi connectivity index (χ4n) is 4.55. The largest absolute Gasteiger partial charge is 0.486 e. The Morgan fingerprint density at radius 1 is 1.11 bits per heavy atom. The molecule has 182 valence electrons. The Morgan fingerprint density at radius 3 is 2.81 bits per heavy atom. The highest BCUT2D eigenvalue weighted by atomic mass is 32.2. The molecule has 1 aliphatic heterocycles. The number of carbonyl (C=O) groups is 1. The molecule has 0 amide bonds. The molecular weight excluding hydrogens is 476 g/mol. The maximum atomic E-state index is 13.1. The number of thioether (sulfide) groups is 1. The van der Waals surface area contributed by atoms with E-state index in [1.165, 1.54) is 11.8 Å². The molecule has 4 heterocycles. The third-order valence-electron chi connectivity index (χ3n) is 6.38. The predicted molar refractivity (Wildman–Crippen MR) is 137 cm³/mol. The van der Waals surface area contributed by atoms with Crippen LogP contribution in [0, 0.1) is 13.8 Å². The van der Waals surface area contributed by atoms with Crippen molar-refractivity contribution >= 4 is 28.4 Å². The van der Waals surface area contributed by atoms with Crippen molar-refractivity contribution in [1.29, 1.82) is 0 Å². The number of aromatic nitrogens is 4. The minimum atomic E-state index is -0.136. The van der Waals surface area contributed by atoms with Crippen LogP contribution in [0.3, 0.4) is 0 Å². The number of ether oxygens (including phenoxy) is 2. The number of aromatic amines is 1. The summed E-state index contributed by atoms with van der Waals surface area (Å²) in [7, 11) is 0. The van der Waals surface area contributed by atoms with Crippen LogP contribution in [0.25, 0.3) is 22.4 Å². The molecule has 0 spiro atoms. The third-order valence-corrected chi connectivity index (χ3v) is 7.20. The van der Waals surface area contributed by atoms with Gasteiger partial charge in [-0.25, -0.2) is 0 Å². The Kier molecular flexibility index (Phi) is 5.77. The number of hydrogen-bond acceptors (Lipinski definition) is 7. The number of Topliss-reactive ketones (excluding diaryl/α,β-unsaturated/α-hetero) is 1. The SMILES string of the molecule is Cc1cc(C(=O)CSc2nnc(-c3c[nH]c4ccccc34)o2)c(C)n1C[C@@H]1COc2ccccc2O1. The van der Waals surface area contributed by atoms with Gasteiger partial charge in [0, 0.05) is 34.1 Å². The van der Waals surface area contributed by atoms with E-state index in [-0.39, 0.29) is 17.6 Å². The van der Waals surface area contributed by atoms with Gasteiger partial charge in [0.2, 0.25) is 0 Å².